The Balaban J connectivity index is 3.28. The second-order valence-electron chi connectivity index (χ2n) is 5.10. The van der Waals surface area contributed by atoms with Gasteiger partial charge in [-0.2, -0.15) is 0 Å². The molecule has 0 spiro atoms. The fourth-order valence-corrected chi connectivity index (χ4v) is 2.08. The molecule has 0 radical (unpaired) electrons. The molecule has 1 aromatic carbocycles. The summed E-state index contributed by atoms with van der Waals surface area (Å²) in [4.78, 5) is 23.2. The third-order valence-corrected chi connectivity index (χ3v) is 2.94. The number of nitro groups is 1. The highest BCUT2D eigenvalue weighted by atomic mass is 16.6. The second-order valence-corrected chi connectivity index (χ2v) is 5.10. The van der Waals surface area contributed by atoms with Crippen molar-refractivity contribution < 1.29 is 14.8 Å². The Morgan fingerprint density at radius 3 is 2.62 bits per heavy atom. The number of carboxylic acid groups (broad SMARTS) is 1. The van der Waals surface area contributed by atoms with Crippen LogP contribution in [0, 0.1) is 16.0 Å². The van der Waals surface area contributed by atoms with Gasteiger partial charge in [-0.05, 0) is 25.0 Å². The first-order valence-electron chi connectivity index (χ1n) is 6.79. The number of non-ortho nitro benzene ring substituents is 1. The van der Waals surface area contributed by atoms with Gasteiger partial charge in [-0.3, -0.25) is 10.1 Å². The molecule has 0 aliphatic carbocycles. The molecule has 0 aliphatic rings. The van der Waals surface area contributed by atoms with E-state index in [0.29, 0.717) is 11.5 Å². The van der Waals surface area contributed by atoms with Gasteiger partial charge in [0.15, 0.2) is 0 Å². The first-order valence-corrected chi connectivity index (χ1v) is 6.79. The van der Waals surface area contributed by atoms with Crippen molar-refractivity contribution in [2.45, 2.75) is 20.8 Å². The molecule has 6 nitrogen and oxygen atoms in total. The lowest BCUT2D eigenvalue weighted by Crippen LogP contribution is -2.27. The fourth-order valence-electron chi connectivity index (χ4n) is 2.08. The van der Waals surface area contributed by atoms with E-state index in [9.17, 15) is 14.9 Å². The van der Waals surface area contributed by atoms with Crippen LogP contribution < -0.4 is 4.90 Å². The molecule has 0 atom stereocenters. The molecular weight excluding hydrogens is 272 g/mol. The van der Waals surface area contributed by atoms with E-state index < -0.39 is 10.9 Å². The van der Waals surface area contributed by atoms with Gasteiger partial charge in [0.25, 0.3) is 5.69 Å². The number of nitro benzene ring substituents is 1. The van der Waals surface area contributed by atoms with E-state index in [0.717, 1.165) is 24.9 Å². The maximum atomic E-state index is 10.9. The van der Waals surface area contributed by atoms with Crippen LogP contribution in [0.1, 0.15) is 26.3 Å². The molecule has 0 unspecified atom stereocenters. The van der Waals surface area contributed by atoms with Gasteiger partial charge >= 0.3 is 5.97 Å². The number of benzene rings is 1. The zero-order valence-corrected chi connectivity index (χ0v) is 12.4. The molecule has 0 aliphatic heterocycles. The highest BCUT2D eigenvalue weighted by molar-refractivity contribution is 5.87. The Labute approximate surface area is 123 Å². The van der Waals surface area contributed by atoms with Gasteiger partial charge in [-0.15, -0.1) is 0 Å². The normalized spacial score (nSPS) is 11.0. The summed E-state index contributed by atoms with van der Waals surface area (Å²) in [6.45, 7) is 7.70. The van der Waals surface area contributed by atoms with Gasteiger partial charge in [0.05, 0.1) is 4.92 Å². The van der Waals surface area contributed by atoms with Gasteiger partial charge in [0, 0.05) is 42.5 Å². The van der Waals surface area contributed by atoms with Crippen molar-refractivity contribution in [2.24, 2.45) is 5.92 Å². The number of hydrogen-bond donors (Lipinski definition) is 1. The molecule has 6 heteroatoms. The molecule has 21 heavy (non-hydrogen) atoms. The number of aliphatic carboxylic acids is 1. The predicted octanol–water partition coefficient (Wildman–Crippen LogP) is 3.17. The fraction of sp³-hybridized carbons (Fsp3) is 0.400. The quantitative estimate of drug-likeness (QED) is 0.474. The summed E-state index contributed by atoms with van der Waals surface area (Å²) in [6, 6.07) is 4.51. The van der Waals surface area contributed by atoms with Crippen molar-refractivity contribution in [3.8, 4) is 0 Å². The van der Waals surface area contributed by atoms with Crippen molar-refractivity contribution in [1.29, 1.82) is 0 Å². The lowest BCUT2D eigenvalue weighted by Gasteiger charge is -2.26. The summed E-state index contributed by atoms with van der Waals surface area (Å²) in [6.07, 6.45) is 2.39. The summed E-state index contributed by atoms with van der Waals surface area (Å²) in [7, 11) is 0. The van der Waals surface area contributed by atoms with E-state index >= 15 is 0 Å². The van der Waals surface area contributed by atoms with Crippen molar-refractivity contribution in [1.82, 2.24) is 0 Å². The Hall–Kier alpha value is -2.37. The Morgan fingerprint density at radius 2 is 2.14 bits per heavy atom. The topological polar surface area (TPSA) is 83.7 Å². The lowest BCUT2D eigenvalue weighted by molar-refractivity contribution is -0.384. The van der Waals surface area contributed by atoms with E-state index in [1.165, 1.54) is 18.2 Å². The van der Waals surface area contributed by atoms with Crippen molar-refractivity contribution in [2.75, 3.05) is 18.0 Å². The van der Waals surface area contributed by atoms with E-state index in [1.54, 1.807) is 6.07 Å². The van der Waals surface area contributed by atoms with Crippen LogP contribution in [0.25, 0.3) is 6.08 Å². The SMILES string of the molecule is CCN(CC(C)C)c1ccc([N+](=O)[O-])cc1/C=C/C(=O)O. The van der Waals surface area contributed by atoms with Gasteiger partial charge in [-0.25, -0.2) is 4.79 Å². The number of rotatable bonds is 7. The Morgan fingerprint density at radius 1 is 1.48 bits per heavy atom. The van der Waals surface area contributed by atoms with Gasteiger partial charge < -0.3 is 10.0 Å². The molecule has 0 bridgehead atoms. The zero-order chi connectivity index (χ0) is 16.0. The number of anilines is 1. The van der Waals surface area contributed by atoms with E-state index in [2.05, 4.69) is 18.7 Å². The molecule has 0 aromatic heterocycles. The minimum atomic E-state index is -1.08. The highest BCUT2D eigenvalue weighted by Gasteiger charge is 2.14. The number of hydrogen-bond acceptors (Lipinski definition) is 4. The minimum Gasteiger partial charge on any atom is -0.478 e. The van der Waals surface area contributed by atoms with Crippen molar-refractivity contribution >= 4 is 23.4 Å². The monoisotopic (exact) mass is 292 g/mol. The molecule has 0 amide bonds. The average molecular weight is 292 g/mol. The molecule has 114 valence electrons. The lowest BCUT2D eigenvalue weighted by atomic mass is 10.1. The Kier molecular flexibility index (Phi) is 5.90. The van der Waals surface area contributed by atoms with Crippen LogP contribution in [0.5, 0.6) is 0 Å². The number of nitrogens with zero attached hydrogens (tertiary/aromatic N) is 2. The molecule has 0 saturated heterocycles. The van der Waals surface area contributed by atoms with E-state index in [1.807, 2.05) is 6.92 Å². The van der Waals surface area contributed by atoms with Crippen LogP contribution in [0.2, 0.25) is 0 Å². The van der Waals surface area contributed by atoms with E-state index in [4.69, 9.17) is 5.11 Å². The molecule has 0 heterocycles. The standard InChI is InChI=1S/C15H20N2O4/c1-4-16(10-11(2)3)14-7-6-13(17(20)21)9-12(14)5-8-15(18)19/h5-9,11H,4,10H2,1-3H3,(H,18,19)/b8-5+. The predicted molar refractivity (Wildman–Crippen MR) is 82.5 cm³/mol. The van der Waals surface area contributed by atoms with Crippen molar-refractivity contribution in [3.63, 3.8) is 0 Å². The van der Waals surface area contributed by atoms with E-state index in [-0.39, 0.29) is 5.69 Å². The highest BCUT2D eigenvalue weighted by Crippen LogP contribution is 2.27. The maximum Gasteiger partial charge on any atom is 0.328 e. The van der Waals surface area contributed by atoms with Gasteiger partial charge in [-0.1, -0.05) is 13.8 Å². The van der Waals surface area contributed by atoms with Crippen LogP contribution in [0.4, 0.5) is 11.4 Å². The third kappa shape index (κ3) is 4.91. The Bertz CT molecular complexity index is 553. The first kappa shape index (κ1) is 16.7. The largest absolute Gasteiger partial charge is 0.478 e. The summed E-state index contributed by atoms with van der Waals surface area (Å²) < 4.78 is 0. The molecule has 1 N–H and O–H groups in total. The summed E-state index contributed by atoms with van der Waals surface area (Å²) in [5.74, 6) is -0.657. The molecule has 0 fully saturated rings. The summed E-state index contributed by atoms with van der Waals surface area (Å²) in [5, 5.41) is 19.6. The number of carbonyl (C=O) groups is 1. The second kappa shape index (κ2) is 7.42. The van der Waals surface area contributed by atoms with Gasteiger partial charge in [0.2, 0.25) is 0 Å². The van der Waals surface area contributed by atoms with Crippen LogP contribution in [-0.4, -0.2) is 29.1 Å². The van der Waals surface area contributed by atoms with Crippen LogP contribution >= 0.6 is 0 Å². The molecule has 1 aromatic rings. The van der Waals surface area contributed by atoms with Crippen molar-refractivity contribution in [3.05, 3.63) is 40.0 Å². The molecule has 0 saturated carbocycles. The minimum absolute atomic E-state index is 0.0515. The third-order valence-electron chi connectivity index (χ3n) is 2.94. The molecular formula is C15H20N2O4. The van der Waals surface area contributed by atoms with Gasteiger partial charge in [0.1, 0.15) is 0 Å². The number of carboxylic acids is 1. The van der Waals surface area contributed by atoms with Crippen LogP contribution in [-0.2, 0) is 4.79 Å². The smallest absolute Gasteiger partial charge is 0.328 e. The van der Waals surface area contributed by atoms with Crippen LogP contribution in [0.15, 0.2) is 24.3 Å². The van der Waals surface area contributed by atoms with Crippen LogP contribution in [0.3, 0.4) is 0 Å². The first-order chi connectivity index (χ1) is 9.85. The zero-order valence-electron chi connectivity index (χ0n) is 12.4. The summed E-state index contributed by atoms with van der Waals surface area (Å²) >= 11 is 0. The maximum absolute atomic E-state index is 10.9. The average Bonchev–Trinajstić information content (AvgIpc) is 2.42. The summed E-state index contributed by atoms with van der Waals surface area (Å²) in [5.41, 5.74) is 1.28. The molecule has 1 rings (SSSR count).